The molecule has 9 heteroatoms. The maximum absolute atomic E-state index is 12.7. The van der Waals surface area contributed by atoms with Gasteiger partial charge in [-0.25, -0.2) is 0 Å². The lowest BCUT2D eigenvalue weighted by Gasteiger charge is -2.40. The standard InChI is InChI=1S/C26H36Cl2N4O3/c27-23-4-2-21(20-24(23)28)3-5-25(33)32-13-8-26(34)31(14-15-32)10-1-9-29-11-6-22(7-12-29)30-16-18-35-19-17-30/h2-5,20,22H,1,6-19H2. The van der Waals surface area contributed by atoms with Gasteiger partial charge in [0.05, 0.1) is 23.3 Å². The van der Waals surface area contributed by atoms with Crippen LogP contribution < -0.4 is 0 Å². The molecule has 0 N–H and O–H groups in total. The van der Waals surface area contributed by atoms with Crippen molar-refractivity contribution in [3.63, 3.8) is 0 Å². The number of halogens is 2. The summed E-state index contributed by atoms with van der Waals surface area (Å²) >= 11 is 12.0. The van der Waals surface area contributed by atoms with Crippen LogP contribution in [0.3, 0.4) is 0 Å². The quantitative estimate of drug-likeness (QED) is 0.514. The first kappa shape index (κ1) is 26.4. The fourth-order valence-corrected chi connectivity index (χ4v) is 5.45. The molecule has 3 saturated heterocycles. The monoisotopic (exact) mass is 522 g/mol. The number of rotatable bonds is 7. The third-order valence-electron chi connectivity index (χ3n) is 7.28. The number of amides is 2. The maximum atomic E-state index is 12.7. The smallest absolute Gasteiger partial charge is 0.246 e. The number of carbonyl (C=O) groups is 2. The molecule has 0 atom stereocenters. The van der Waals surface area contributed by atoms with Crippen molar-refractivity contribution < 1.29 is 14.3 Å². The Bertz CT molecular complexity index is 899. The second-order valence-corrected chi connectivity index (χ2v) is 10.4. The number of hydrogen-bond acceptors (Lipinski definition) is 5. The van der Waals surface area contributed by atoms with E-state index < -0.39 is 0 Å². The number of benzene rings is 1. The van der Waals surface area contributed by atoms with E-state index in [0.29, 0.717) is 42.1 Å². The highest BCUT2D eigenvalue weighted by Crippen LogP contribution is 2.23. The lowest BCUT2D eigenvalue weighted by molar-refractivity contribution is -0.130. The van der Waals surface area contributed by atoms with Gasteiger partial charge < -0.3 is 19.4 Å². The van der Waals surface area contributed by atoms with Crippen molar-refractivity contribution in [2.75, 3.05) is 72.1 Å². The fraction of sp³-hybridized carbons (Fsp3) is 0.615. The zero-order valence-corrected chi connectivity index (χ0v) is 21.9. The molecule has 1 aromatic rings. The number of nitrogens with zero attached hydrogens (tertiary/aromatic N) is 4. The van der Waals surface area contributed by atoms with E-state index in [9.17, 15) is 9.59 Å². The minimum atomic E-state index is -0.0890. The zero-order chi connectivity index (χ0) is 24.6. The van der Waals surface area contributed by atoms with Crippen LogP contribution in [-0.2, 0) is 14.3 Å². The minimum Gasteiger partial charge on any atom is -0.379 e. The summed E-state index contributed by atoms with van der Waals surface area (Å²) in [5.74, 6) is 0.0497. The Morgan fingerprint density at radius 3 is 2.49 bits per heavy atom. The second-order valence-electron chi connectivity index (χ2n) is 9.54. The van der Waals surface area contributed by atoms with Crippen LogP contribution in [0.4, 0.5) is 0 Å². The highest BCUT2D eigenvalue weighted by Gasteiger charge is 2.26. The fourth-order valence-electron chi connectivity index (χ4n) is 5.15. The molecular weight excluding hydrogens is 487 g/mol. The molecule has 0 saturated carbocycles. The van der Waals surface area contributed by atoms with E-state index in [1.54, 1.807) is 29.2 Å². The molecule has 3 aliphatic rings. The summed E-state index contributed by atoms with van der Waals surface area (Å²) in [7, 11) is 0. The Balaban J connectivity index is 1.17. The first-order chi connectivity index (χ1) is 17.0. The van der Waals surface area contributed by atoms with Crippen molar-refractivity contribution in [3.8, 4) is 0 Å². The van der Waals surface area contributed by atoms with Crippen LogP contribution >= 0.6 is 23.2 Å². The lowest BCUT2D eigenvalue weighted by Crippen LogP contribution is -2.49. The first-order valence-corrected chi connectivity index (χ1v) is 13.5. The van der Waals surface area contributed by atoms with E-state index >= 15 is 0 Å². The van der Waals surface area contributed by atoms with Crippen LogP contribution in [0.25, 0.3) is 6.08 Å². The predicted molar refractivity (Wildman–Crippen MR) is 140 cm³/mol. The van der Waals surface area contributed by atoms with Crippen LogP contribution in [-0.4, -0.2) is 110 Å². The average molecular weight is 524 g/mol. The Hall–Kier alpha value is -1.64. The Morgan fingerprint density at radius 1 is 0.971 bits per heavy atom. The summed E-state index contributed by atoms with van der Waals surface area (Å²) in [5, 5.41) is 0.942. The van der Waals surface area contributed by atoms with Gasteiger partial charge in [0.1, 0.15) is 0 Å². The summed E-state index contributed by atoms with van der Waals surface area (Å²) in [5.41, 5.74) is 0.814. The van der Waals surface area contributed by atoms with Crippen LogP contribution in [0.2, 0.25) is 10.0 Å². The molecule has 0 bridgehead atoms. The Labute approximate surface area is 218 Å². The van der Waals surface area contributed by atoms with Crippen LogP contribution in [0.1, 0.15) is 31.2 Å². The Kier molecular flexibility index (Phi) is 9.86. The van der Waals surface area contributed by atoms with Crippen molar-refractivity contribution in [2.45, 2.75) is 31.7 Å². The van der Waals surface area contributed by atoms with Gasteiger partial charge in [-0.05, 0) is 62.7 Å². The molecule has 1 aromatic carbocycles. The van der Waals surface area contributed by atoms with Gasteiger partial charge in [0, 0.05) is 57.8 Å². The van der Waals surface area contributed by atoms with Gasteiger partial charge in [-0.2, -0.15) is 0 Å². The van der Waals surface area contributed by atoms with Crippen molar-refractivity contribution in [2.24, 2.45) is 0 Å². The van der Waals surface area contributed by atoms with Crippen LogP contribution in [0, 0.1) is 0 Å². The summed E-state index contributed by atoms with van der Waals surface area (Å²) in [6.45, 7) is 9.48. The molecular formula is C26H36Cl2N4O3. The SMILES string of the molecule is O=C(C=Cc1ccc(Cl)c(Cl)c1)N1CCC(=O)N(CCCN2CCC(N3CCOCC3)CC2)CC1. The van der Waals surface area contributed by atoms with E-state index in [2.05, 4.69) is 9.80 Å². The Morgan fingerprint density at radius 2 is 1.74 bits per heavy atom. The molecule has 192 valence electrons. The van der Waals surface area contributed by atoms with Crippen LogP contribution in [0.5, 0.6) is 0 Å². The van der Waals surface area contributed by atoms with Gasteiger partial charge in [-0.3, -0.25) is 14.5 Å². The van der Waals surface area contributed by atoms with Gasteiger partial charge in [0.2, 0.25) is 11.8 Å². The highest BCUT2D eigenvalue weighted by molar-refractivity contribution is 6.42. The number of piperidine rings is 1. The first-order valence-electron chi connectivity index (χ1n) is 12.7. The summed E-state index contributed by atoms with van der Waals surface area (Å²) in [6, 6.07) is 5.95. The van der Waals surface area contributed by atoms with Crippen molar-refractivity contribution in [3.05, 3.63) is 39.9 Å². The molecule has 4 rings (SSSR count). The van der Waals surface area contributed by atoms with E-state index in [4.69, 9.17) is 27.9 Å². The normalized spacial score (nSPS) is 21.6. The van der Waals surface area contributed by atoms with Gasteiger partial charge in [-0.1, -0.05) is 29.3 Å². The second kappa shape index (κ2) is 13.1. The molecule has 3 aliphatic heterocycles. The third kappa shape index (κ3) is 7.67. The van der Waals surface area contributed by atoms with Crippen molar-refractivity contribution in [1.82, 2.24) is 19.6 Å². The molecule has 0 aromatic heterocycles. The molecule has 0 spiro atoms. The largest absolute Gasteiger partial charge is 0.379 e. The van der Waals surface area contributed by atoms with Gasteiger partial charge in [-0.15, -0.1) is 0 Å². The van der Waals surface area contributed by atoms with Gasteiger partial charge in [0.25, 0.3) is 0 Å². The number of ether oxygens (including phenoxy) is 1. The molecule has 7 nitrogen and oxygen atoms in total. The number of likely N-dealkylation sites (tertiary alicyclic amines) is 1. The summed E-state index contributed by atoms with van der Waals surface area (Å²) < 4.78 is 5.48. The predicted octanol–water partition coefficient (Wildman–Crippen LogP) is 3.25. The number of carbonyl (C=O) groups excluding carboxylic acids is 2. The van der Waals surface area contributed by atoms with E-state index in [1.807, 2.05) is 11.0 Å². The highest BCUT2D eigenvalue weighted by atomic mass is 35.5. The number of morpholine rings is 1. The third-order valence-corrected chi connectivity index (χ3v) is 8.02. The van der Waals surface area contributed by atoms with Crippen LogP contribution in [0.15, 0.2) is 24.3 Å². The molecule has 3 heterocycles. The van der Waals surface area contributed by atoms with E-state index in [1.165, 1.54) is 12.8 Å². The van der Waals surface area contributed by atoms with E-state index in [0.717, 1.165) is 64.5 Å². The van der Waals surface area contributed by atoms with Crippen molar-refractivity contribution >= 4 is 41.1 Å². The molecule has 35 heavy (non-hydrogen) atoms. The average Bonchev–Trinajstić information content (AvgIpc) is 3.07. The topological polar surface area (TPSA) is 56.3 Å². The molecule has 0 aliphatic carbocycles. The summed E-state index contributed by atoms with van der Waals surface area (Å²) in [6.07, 6.45) is 7.05. The molecule has 0 radical (unpaired) electrons. The van der Waals surface area contributed by atoms with Gasteiger partial charge >= 0.3 is 0 Å². The zero-order valence-electron chi connectivity index (χ0n) is 20.3. The molecule has 2 amide bonds. The van der Waals surface area contributed by atoms with Gasteiger partial charge in [0.15, 0.2) is 0 Å². The minimum absolute atomic E-state index is 0.0890. The van der Waals surface area contributed by atoms with E-state index in [-0.39, 0.29) is 11.8 Å². The van der Waals surface area contributed by atoms with Crippen molar-refractivity contribution in [1.29, 1.82) is 0 Å². The summed E-state index contributed by atoms with van der Waals surface area (Å²) in [4.78, 5) is 34.1. The molecule has 0 unspecified atom stereocenters. The number of hydrogen-bond donors (Lipinski definition) is 0. The maximum Gasteiger partial charge on any atom is 0.246 e. The lowest BCUT2D eigenvalue weighted by atomic mass is 10.0. The molecule has 3 fully saturated rings.